The van der Waals surface area contributed by atoms with Crippen LogP contribution in [0.1, 0.15) is 31.2 Å². The van der Waals surface area contributed by atoms with Crippen molar-refractivity contribution in [3.8, 4) is 0 Å². The van der Waals surface area contributed by atoms with Crippen LogP contribution in [0.25, 0.3) is 0 Å². The number of hydrogen-bond acceptors (Lipinski definition) is 2. The second-order valence-electron chi connectivity index (χ2n) is 6.88. The Hall–Kier alpha value is -1.12. The number of allylic oxidation sites excluding steroid dienone is 2. The van der Waals surface area contributed by atoms with E-state index in [1.54, 1.807) is 0 Å². The number of benzene rings is 1. The molecule has 0 unspecified atom stereocenters. The first-order chi connectivity index (χ1) is 10.9. The number of nitrogens with zero attached hydrogens (tertiary/aromatic N) is 2. The van der Waals surface area contributed by atoms with Crippen LogP contribution in [-0.2, 0) is 6.42 Å². The van der Waals surface area contributed by atoms with Gasteiger partial charge in [-0.15, -0.1) is 0 Å². The van der Waals surface area contributed by atoms with Gasteiger partial charge in [0.05, 0.1) is 0 Å². The maximum absolute atomic E-state index is 2.69. The van der Waals surface area contributed by atoms with E-state index in [0.29, 0.717) is 0 Å². The highest BCUT2D eigenvalue weighted by atomic mass is 15.3. The van der Waals surface area contributed by atoms with Crippen LogP contribution in [-0.4, -0.2) is 49.1 Å². The third-order valence-corrected chi connectivity index (χ3v) is 5.14. The summed E-state index contributed by atoms with van der Waals surface area (Å²) in [4.78, 5) is 5.34. The fourth-order valence-corrected chi connectivity index (χ4v) is 3.73. The molecule has 0 spiro atoms. The molecule has 1 saturated heterocycles. The highest BCUT2D eigenvalue weighted by Crippen LogP contribution is 2.20. The third-order valence-electron chi connectivity index (χ3n) is 5.14. The van der Waals surface area contributed by atoms with Crippen LogP contribution in [0.5, 0.6) is 0 Å². The molecule has 120 valence electrons. The third kappa shape index (κ3) is 4.96. The summed E-state index contributed by atoms with van der Waals surface area (Å²) < 4.78 is 0. The molecule has 0 N–H and O–H groups in total. The molecule has 2 aliphatic rings. The first kappa shape index (κ1) is 15.8. The van der Waals surface area contributed by atoms with Gasteiger partial charge in [0.1, 0.15) is 0 Å². The zero-order chi connectivity index (χ0) is 15.0. The van der Waals surface area contributed by atoms with Gasteiger partial charge in [-0.25, -0.2) is 0 Å². The summed E-state index contributed by atoms with van der Waals surface area (Å²) in [5.74, 6) is 0.912. The van der Waals surface area contributed by atoms with E-state index in [0.717, 1.165) is 5.92 Å². The van der Waals surface area contributed by atoms with Crippen molar-refractivity contribution in [1.29, 1.82) is 0 Å². The Labute approximate surface area is 135 Å². The van der Waals surface area contributed by atoms with E-state index in [1.165, 1.54) is 76.9 Å². The molecule has 3 rings (SSSR count). The monoisotopic (exact) mass is 298 g/mol. The average Bonchev–Trinajstić information content (AvgIpc) is 2.58. The van der Waals surface area contributed by atoms with Gasteiger partial charge >= 0.3 is 0 Å². The van der Waals surface area contributed by atoms with Gasteiger partial charge in [0.25, 0.3) is 0 Å². The van der Waals surface area contributed by atoms with E-state index in [4.69, 9.17) is 0 Å². The summed E-state index contributed by atoms with van der Waals surface area (Å²) >= 11 is 0. The second kappa shape index (κ2) is 8.50. The topological polar surface area (TPSA) is 6.48 Å². The molecule has 1 aliphatic heterocycles. The van der Waals surface area contributed by atoms with Gasteiger partial charge in [0, 0.05) is 32.7 Å². The Morgan fingerprint density at radius 1 is 0.909 bits per heavy atom. The molecule has 1 heterocycles. The molecule has 0 aromatic heterocycles. The van der Waals surface area contributed by atoms with Crippen molar-refractivity contribution in [3.05, 3.63) is 48.0 Å². The van der Waals surface area contributed by atoms with Gasteiger partial charge in [-0.1, -0.05) is 42.5 Å². The highest BCUT2D eigenvalue weighted by Gasteiger charge is 2.19. The van der Waals surface area contributed by atoms with Gasteiger partial charge in [-0.3, -0.25) is 0 Å². The molecule has 2 nitrogen and oxygen atoms in total. The fraction of sp³-hybridized carbons (Fsp3) is 0.600. The maximum atomic E-state index is 2.69. The van der Waals surface area contributed by atoms with Crippen LogP contribution >= 0.6 is 0 Å². The Balaban J connectivity index is 1.31. The lowest BCUT2D eigenvalue weighted by atomic mass is 9.94. The van der Waals surface area contributed by atoms with E-state index in [-0.39, 0.29) is 0 Å². The normalized spacial score (nSPS) is 23.7. The summed E-state index contributed by atoms with van der Waals surface area (Å²) in [5, 5.41) is 0. The maximum Gasteiger partial charge on any atom is 0.0110 e. The summed E-state index contributed by atoms with van der Waals surface area (Å²) in [6.45, 7) is 7.64. The lowest BCUT2D eigenvalue weighted by Crippen LogP contribution is -2.48. The number of piperazine rings is 1. The largest absolute Gasteiger partial charge is 0.301 e. The smallest absolute Gasteiger partial charge is 0.0110 e. The number of rotatable bonds is 6. The molecular formula is C20H30N2. The number of aryl methyl sites for hydroxylation is 1. The van der Waals surface area contributed by atoms with Crippen LogP contribution in [0.3, 0.4) is 0 Å². The molecular weight excluding hydrogens is 268 g/mol. The zero-order valence-corrected chi connectivity index (χ0v) is 13.8. The van der Waals surface area contributed by atoms with Crippen molar-refractivity contribution in [3.63, 3.8) is 0 Å². The van der Waals surface area contributed by atoms with Gasteiger partial charge in [0.2, 0.25) is 0 Å². The van der Waals surface area contributed by atoms with E-state index in [2.05, 4.69) is 52.3 Å². The minimum Gasteiger partial charge on any atom is -0.301 e. The van der Waals surface area contributed by atoms with Crippen molar-refractivity contribution in [2.45, 2.75) is 32.1 Å². The Kier molecular flexibility index (Phi) is 6.09. The number of hydrogen-bond donors (Lipinski definition) is 0. The molecule has 1 aromatic rings. The predicted molar refractivity (Wildman–Crippen MR) is 94.1 cm³/mol. The molecule has 0 radical (unpaired) electrons. The predicted octanol–water partition coefficient (Wildman–Crippen LogP) is 3.59. The van der Waals surface area contributed by atoms with E-state index in [9.17, 15) is 0 Å². The quantitative estimate of drug-likeness (QED) is 0.741. The standard InChI is InChI=1S/C20H30N2/c1-3-8-19(9-4-1)12-7-13-21-14-16-22(17-15-21)18-20-10-5-2-6-11-20/h1-5,8-9,20H,6-7,10-18H2/t20-/m1/s1. The molecule has 0 saturated carbocycles. The molecule has 1 atom stereocenters. The van der Waals surface area contributed by atoms with Gasteiger partial charge in [-0.2, -0.15) is 0 Å². The summed E-state index contributed by atoms with van der Waals surface area (Å²) in [6.07, 6.45) is 11.2. The van der Waals surface area contributed by atoms with Gasteiger partial charge in [-0.05, 0) is 50.1 Å². The summed E-state index contributed by atoms with van der Waals surface area (Å²) in [7, 11) is 0. The molecule has 1 aliphatic carbocycles. The highest BCUT2D eigenvalue weighted by molar-refractivity contribution is 5.14. The molecule has 1 aromatic carbocycles. The van der Waals surface area contributed by atoms with Gasteiger partial charge in [0.15, 0.2) is 0 Å². The van der Waals surface area contributed by atoms with Gasteiger partial charge < -0.3 is 9.80 Å². The van der Waals surface area contributed by atoms with Crippen LogP contribution < -0.4 is 0 Å². The first-order valence-electron chi connectivity index (χ1n) is 9.04. The fourth-order valence-electron chi connectivity index (χ4n) is 3.73. The average molecular weight is 298 g/mol. The SMILES string of the molecule is C1=CC[C@@H](CN2CCN(CCCc3ccccc3)CC2)CC1. The van der Waals surface area contributed by atoms with E-state index in [1.807, 2.05) is 0 Å². The van der Waals surface area contributed by atoms with Crippen molar-refractivity contribution < 1.29 is 0 Å². The second-order valence-corrected chi connectivity index (χ2v) is 6.88. The minimum atomic E-state index is 0.912. The lowest BCUT2D eigenvalue weighted by molar-refractivity contribution is 0.115. The zero-order valence-electron chi connectivity index (χ0n) is 13.8. The lowest BCUT2D eigenvalue weighted by Gasteiger charge is -2.36. The van der Waals surface area contributed by atoms with E-state index >= 15 is 0 Å². The summed E-state index contributed by atoms with van der Waals surface area (Å²) in [5.41, 5.74) is 1.48. The van der Waals surface area contributed by atoms with Crippen LogP contribution in [0.4, 0.5) is 0 Å². The van der Waals surface area contributed by atoms with E-state index < -0.39 is 0 Å². The molecule has 2 heteroatoms. The van der Waals surface area contributed by atoms with Crippen molar-refractivity contribution in [2.75, 3.05) is 39.3 Å². The van der Waals surface area contributed by atoms with Crippen molar-refractivity contribution in [1.82, 2.24) is 9.80 Å². The van der Waals surface area contributed by atoms with Crippen molar-refractivity contribution >= 4 is 0 Å². The first-order valence-corrected chi connectivity index (χ1v) is 9.04. The molecule has 22 heavy (non-hydrogen) atoms. The molecule has 0 amide bonds. The van der Waals surface area contributed by atoms with Crippen LogP contribution in [0.2, 0.25) is 0 Å². The molecule has 0 bridgehead atoms. The van der Waals surface area contributed by atoms with Crippen molar-refractivity contribution in [2.24, 2.45) is 5.92 Å². The van der Waals surface area contributed by atoms with Crippen LogP contribution in [0.15, 0.2) is 42.5 Å². The summed E-state index contributed by atoms with van der Waals surface area (Å²) in [6, 6.07) is 10.9. The Morgan fingerprint density at radius 2 is 1.68 bits per heavy atom. The Bertz CT molecular complexity index is 446. The Morgan fingerprint density at radius 3 is 2.41 bits per heavy atom. The minimum absolute atomic E-state index is 0.912. The van der Waals surface area contributed by atoms with Crippen LogP contribution in [0, 0.1) is 5.92 Å². The molecule has 1 fully saturated rings.